The Hall–Kier alpha value is -1.43. The van der Waals surface area contributed by atoms with Crippen LogP contribution in [-0.2, 0) is 15.2 Å². The molecule has 0 saturated carbocycles. The number of hydrogen-bond acceptors (Lipinski definition) is 5. The number of aromatic nitrogens is 3. The summed E-state index contributed by atoms with van der Waals surface area (Å²) in [6, 6.07) is 0. The molecule has 0 spiro atoms. The van der Waals surface area contributed by atoms with Gasteiger partial charge in [-0.05, 0) is 27.7 Å². The van der Waals surface area contributed by atoms with Crippen LogP contribution >= 0.6 is 0 Å². The minimum absolute atomic E-state index is 0.0506. The second-order valence-corrected chi connectivity index (χ2v) is 3.61. The molecule has 0 aliphatic heterocycles. The highest BCUT2D eigenvalue weighted by atomic mass is 16.5. The molecule has 0 aliphatic rings. The van der Waals surface area contributed by atoms with Crippen LogP contribution in [0.5, 0.6) is 0 Å². The SMILES string of the molecule is CCOC(=O)c1ncn(C(C)(C)OCC)n1. The van der Waals surface area contributed by atoms with Gasteiger partial charge >= 0.3 is 5.97 Å². The van der Waals surface area contributed by atoms with Crippen LogP contribution < -0.4 is 0 Å². The van der Waals surface area contributed by atoms with Gasteiger partial charge in [0.2, 0.25) is 0 Å². The van der Waals surface area contributed by atoms with Gasteiger partial charge in [0.1, 0.15) is 6.33 Å². The molecule has 0 aliphatic carbocycles. The number of rotatable bonds is 5. The monoisotopic (exact) mass is 227 g/mol. The molecule has 6 nitrogen and oxygen atoms in total. The van der Waals surface area contributed by atoms with Gasteiger partial charge in [0.05, 0.1) is 6.61 Å². The predicted octanol–water partition coefficient (Wildman–Crippen LogP) is 1.18. The van der Waals surface area contributed by atoms with Crippen molar-refractivity contribution in [3.8, 4) is 0 Å². The lowest BCUT2D eigenvalue weighted by molar-refractivity contribution is -0.0812. The Labute approximate surface area is 94.6 Å². The standard InChI is InChI=1S/C10H17N3O3/c1-5-15-9(14)8-11-7-13(12-8)10(3,4)16-6-2/h7H,5-6H2,1-4H3. The number of nitrogens with zero attached hydrogens (tertiary/aromatic N) is 3. The van der Waals surface area contributed by atoms with Crippen molar-refractivity contribution in [2.75, 3.05) is 13.2 Å². The zero-order chi connectivity index (χ0) is 12.2. The molecule has 0 N–H and O–H groups in total. The highest BCUT2D eigenvalue weighted by Gasteiger charge is 2.23. The van der Waals surface area contributed by atoms with Crippen LogP contribution in [0.15, 0.2) is 6.33 Å². The Bertz CT molecular complexity index is 360. The normalized spacial score (nSPS) is 11.5. The molecule has 0 amide bonds. The molecule has 0 bridgehead atoms. The van der Waals surface area contributed by atoms with Crippen LogP contribution in [0.2, 0.25) is 0 Å². The summed E-state index contributed by atoms with van der Waals surface area (Å²) in [6.45, 7) is 8.19. The maximum absolute atomic E-state index is 11.3. The summed E-state index contributed by atoms with van der Waals surface area (Å²) in [4.78, 5) is 15.2. The summed E-state index contributed by atoms with van der Waals surface area (Å²) in [5.74, 6) is -0.469. The molecular formula is C10H17N3O3. The van der Waals surface area contributed by atoms with Crippen molar-refractivity contribution in [2.45, 2.75) is 33.4 Å². The predicted molar refractivity (Wildman–Crippen MR) is 56.9 cm³/mol. The van der Waals surface area contributed by atoms with Crippen molar-refractivity contribution in [1.82, 2.24) is 14.8 Å². The molecule has 0 unspecified atom stereocenters. The zero-order valence-corrected chi connectivity index (χ0v) is 10.1. The van der Waals surface area contributed by atoms with Gasteiger partial charge in [0.25, 0.3) is 5.82 Å². The number of carbonyl (C=O) groups excluding carboxylic acids is 1. The third-order valence-corrected chi connectivity index (χ3v) is 2.00. The molecule has 1 rings (SSSR count). The molecule has 0 radical (unpaired) electrons. The second-order valence-electron chi connectivity index (χ2n) is 3.61. The van der Waals surface area contributed by atoms with E-state index in [0.717, 1.165) is 0 Å². The molecule has 1 heterocycles. The zero-order valence-electron chi connectivity index (χ0n) is 10.1. The molecule has 1 aromatic rings. The van der Waals surface area contributed by atoms with E-state index in [1.54, 1.807) is 6.92 Å². The Kier molecular flexibility index (Phi) is 4.00. The van der Waals surface area contributed by atoms with Crippen molar-refractivity contribution < 1.29 is 14.3 Å². The minimum Gasteiger partial charge on any atom is -0.460 e. The Balaban J connectivity index is 2.82. The van der Waals surface area contributed by atoms with Crippen LogP contribution in [0.1, 0.15) is 38.3 Å². The van der Waals surface area contributed by atoms with Crippen molar-refractivity contribution >= 4 is 5.97 Å². The van der Waals surface area contributed by atoms with Gasteiger partial charge in [-0.2, -0.15) is 0 Å². The first-order valence-corrected chi connectivity index (χ1v) is 5.24. The van der Waals surface area contributed by atoms with Gasteiger partial charge in [-0.1, -0.05) is 0 Å². The Morgan fingerprint density at radius 1 is 1.44 bits per heavy atom. The highest BCUT2D eigenvalue weighted by molar-refractivity contribution is 5.84. The molecule has 6 heteroatoms. The third kappa shape index (κ3) is 2.79. The molecule has 0 saturated heterocycles. The first-order valence-electron chi connectivity index (χ1n) is 5.24. The van der Waals surface area contributed by atoms with Gasteiger partial charge < -0.3 is 9.47 Å². The number of hydrogen-bond donors (Lipinski definition) is 0. The van der Waals surface area contributed by atoms with E-state index < -0.39 is 11.7 Å². The van der Waals surface area contributed by atoms with Crippen LogP contribution in [0.3, 0.4) is 0 Å². The summed E-state index contributed by atoms with van der Waals surface area (Å²) in [6.07, 6.45) is 1.46. The first-order chi connectivity index (χ1) is 7.51. The van der Waals surface area contributed by atoms with Crippen molar-refractivity contribution in [1.29, 1.82) is 0 Å². The maximum Gasteiger partial charge on any atom is 0.378 e. The molecule has 90 valence electrons. The van der Waals surface area contributed by atoms with E-state index >= 15 is 0 Å². The Morgan fingerprint density at radius 3 is 2.69 bits per heavy atom. The highest BCUT2D eigenvalue weighted by Crippen LogP contribution is 2.14. The lowest BCUT2D eigenvalue weighted by Crippen LogP contribution is -2.30. The quantitative estimate of drug-likeness (QED) is 0.707. The maximum atomic E-state index is 11.3. The van der Waals surface area contributed by atoms with E-state index in [1.807, 2.05) is 20.8 Å². The Morgan fingerprint density at radius 2 is 2.12 bits per heavy atom. The van der Waals surface area contributed by atoms with E-state index in [2.05, 4.69) is 10.1 Å². The molecule has 0 aromatic carbocycles. The molecule has 0 fully saturated rings. The molecule has 0 atom stereocenters. The molecule has 1 aromatic heterocycles. The van der Waals surface area contributed by atoms with Crippen molar-refractivity contribution in [2.24, 2.45) is 0 Å². The summed E-state index contributed by atoms with van der Waals surface area (Å²) < 4.78 is 11.8. The summed E-state index contributed by atoms with van der Waals surface area (Å²) in [7, 11) is 0. The van der Waals surface area contributed by atoms with Crippen LogP contribution in [0.25, 0.3) is 0 Å². The van der Waals surface area contributed by atoms with E-state index in [1.165, 1.54) is 11.0 Å². The fourth-order valence-electron chi connectivity index (χ4n) is 1.23. The smallest absolute Gasteiger partial charge is 0.378 e. The van der Waals surface area contributed by atoms with Crippen LogP contribution in [-0.4, -0.2) is 33.9 Å². The number of esters is 1. The fourth-order valence-corrected chi connectivity index (χ4v) is 1.23. The third-order valence-electron chi connectivity index (χ3n) is 2.00. The average molecular weight is 227 g/mol. The van der Waals surface area contributed by atoms with Gasteiger partial charge in [-0.15, -0.1) is 5.10 Å². The lowest BCUT2D eigenvalue weighted by atomic mass is 10.3. The second kappa shape index (κ2) is 5.07. The number of ether oxygens (including phenoxy) is 2. The first kappa shape index (κ1) is 12.6. The van der Waals surface area contributed by atoms with Gasteiger partial charge in [0, 0.05) is 6.61 Å². The van der Waals surface area contributed by atoms with Gasteiger partial charge in [-0.3, -0.25) is 0 Å². The van der Waals surface area contributed by atoms with Gasteiger partial charge in [0.15, 0.2) is 5.72 Å². The topological polar surface area (TPSA) is 66.2 Å². The van der Waals surface area contributed by atoms with E-state index in [4.69, 9.17) is 9.47 Å². The number of carbonyl (C=O) groups is 1. The molecule has 16 heavy (non-hydrogen) atoms. The summed E-state index contributed by atoms with van der Waals surface area (Å²) in [5, 5.41) is 4.03. The van der Waals surface area contributed by atoms with E-state index in [0.29, 0.717) is 13.2 Å². The van der Waals surface area contributed by atoms with Crippen LogP contribution in [0.4, 0.5) is 0 Å². The van der Waals surface area contributed by atoms with Crippen LogP contribution in [0, 0.1) is 0 Å². The van der Waals surface area contributed by atoms with Gasteiger partial charge in [-0.25, -0.2) is 14.5 Å². The lowest BCUT2D eigenvalue weighted by Gasteiger charge is -2.24. The fraction of sp³-hybridized carbons (Fsp3) is 0.700. The summed E-state index contributed by atoms with van der Waals surface area (Å²) in [5.41, 5.74) is -0.619. The minimum atomic E-state index is -0.619. The van der Waals surface area contributed by atoms with E-state index in [-0.39, 0.29) is 5.82 Å². The molecular weight excluding hydrogens is 210 g/mol. The van der Waals surface area contributed by atoms with Crippen molar-refractivity contribution in [3.05, 3.63) is 12.2 Å². The van der Waals surface area contributed by atoms with Crippen molar-refractivity contribution in [3.63, 3.8) is 0 Å². The summed E-state index contributed by atoms with van der Waals surface area (Å²) >= 11 is 0. The largest absolute Gasteiger partial charge is 0.460 e. The van der Waals surface area contributed by atoms with E-state index in [9.17, 15) is 4.79 Å². The average Bonchev–Trinajstić information content (AvgIpc) is 2.67.